The molecule has 0 saturated carbocycles. The summed E-state index contributed by atoms with van der Waals surface area (Å²) in [5.41, 5.74) is 1.49. The number of piperidine rings is 1. The molecule has 4 rings (SSSR count). The average Bonchev–Trinajstić information content (AvgIpc) is 3.31. The third-order valence-corrected chi connectivity index (χ3v) is 5.14. The van der Waals surface area contributed by atoms with Crippen LogP contribution in [0.5, 0.6) is 0 Å². The van der Waals surface area contributed by atoms with Crippen LogP contribution in [0.2, 0.25) is 0 Å². The highest BCUT2D eigenvalue weighted by molar-refractivity contribution is 7.13. The van der Waals surface area contributed by atoms with Crippen LogP contribution in [-0.2, 0) is 0 Å². The lowest BCUT2D eigenvalue weighted by atomic mass is 9.99. The second-order valence-corrected chi connectivity index (χ2v) is 6.93. The molecule has 1 fully saturated rings. The van der Waals surface area contributed by atoms with Gasteiger partial charge in [0.1, 0.15) is 0 Å². The maximum atomic E-state index is 12.9. The topological polar surface area (TPSA) is 97.0 Å². The van der Waals surface area contributed by atoms with Crippen molar-refractivity contribution in [2.45, 2.75) is 32.2 Å². The molecule has 134 valence electrons. The largest absolute Gasteiger partial charge is 0.438 e. The first-order valence-corrected chi connectivity index (χ1v) is 9.30. The summed E-state index contributed by atoms with van der Waals surface area (Å²) in [5, 5.41) is 5.87. The van der Waals surface area contributed by atoms with Gasteiger partial charge >= 0.3 is 0 Å². The number of nitrogens with one attached hydrogen (secondary N) is 1. The van der Waals surface area contributed by atoms with Crippen LogP contribution in [0.1, 0.15) is 47.2 Å². The molecule has 1 aliphatic rings. The lowest BCUT2D eigenvalue weighted by molar-refractivity contribution is 0.0573. The Balaban J connectivity index is 1.55. The summed E-state index contributed by atoms with van der Waals surface area (Å²) in [5.74, 6) is 0.827. The van der Waals surface area contributed by atoms with Gasteiger partial charge in [-0.1, -0.05) is 0 Å². The van der Waals surface area contributed by atoms with Gasteiger partial charge in [-0.15, -0.1) is 11.3 Å². The monoisotopic (exact) mass is 370 g/mol. The highest BCUT2D eigenvalue weighted by atomic mass is 32.1. The molecular weight excluding hydrogens is 352 g/mol. The number of nitrogens with zero attached hydrogens (tertiary/aromatic N) is 5. The maximum absolute atomic E-state index is 12.9. The van der Waals surface area contributed by atoms with Crippen LogP contribution < -0.4 is 5.32 Å². The molecule has 8 nitrogen and oxygen atoms in total. The first-order valence-electron chi connectivity index (χ1n) is 8.42. The molecule has 0 unspecified atom stereocenters. The summed E-state index contributed by atoms with van der Waals surface area (Å²) < 4.78 is 5.30. The number of amides is 1. The minimum atomic E-state index is -0.124. The standard InChI is InChI=1S/C17H18N6O2S/c1-11-15(25-10-20-11)16(24)23-7-3-2-4-13(23)12-9-26-17(21-12)22-14-8-18-5-6-19-14/h5-6,8-10,13H,2-4,7H2,1H3,(H,19,21,22)/t13-/m1/s1. The molecule has 1 N–H and O–H groups in total. The van der Waals surface area contributed by atoms with Gasteiger partial charge in [0.25, 0.3) is 5.91 Å². The summed E-state index contributed by atoms with van der Waals surface area (Å²) in [6.45, 7) is 2.47. The summed E-state index contributed by atoms with van der Waals surface area (Å²) in [6, 6.07) is -0.0607. The van der Waals surface area contributed by atoms with Crippen LogP contribution in [0, 0.1) is 6.92 Å². The summed E-state index contributed by atoms with van der Waals surface area (Å²) in [4.78, 5) is 31.7. The van der Waals surface area contributed by atoms with E-state index in [1.807, 2.05) is 10.3 Å². The van der Waals surface area contributed by atoms with Gasteiger partial charge in [-0.3, -0.25) is 9.78 Å². The van der Waals surface area contributed by atoms with Crippen LogP contribution in [-0.4, -0.2) is 37.3 Å². The molecule has 0 spiro atoms. The zero-order valence-corrected chi connectivity index (χ0v) is 15.1. The normalized spacial score (nSPS) is 17.3. The Kier molecular flexibility index (Phi) is 4.61. The first kappa shape index (κ1) is 16.6. The van der Waals surface area contributed by atoms with Crippen molar-refractivity contribution in [2.75, 3.05) is 11.9 Å². The second-order valence-electron chi connectivity index (χ2n) is 6.07. The third kappa shape index (κ3) is 3.30. The smallest absolute Gasteiger partial charge is 0.292 e. The molecule has 9 heteroatoms. The van der Waals surface area contributed by atoms with E-state index < -0.39 is 0 Å². The molecule has 1 aliphatic heterocycles. The van der Waals surface area contributed by atoms with Gasteiger partial charge in [-0.25, -0.2) is 15.0 Å². The zero-order chi connectivity index (χ0) is 17.9. The molecule has 3 aromatic rings. The number of anilines is 2. The number of thiazole rings is 1. The van der Waals surface area contributed by atoms with Crippen molar-refractivity contribution in [3.63, 3.8) is 0 Å². The fourth-order valence-corrected chi connectivity index (χ4v) is 3.85. The van der Waals surface area contributed by atoms with Gasteiger partial charge in [-0.2, -0.15) is 0 Å². The van der Waals surface area contributed by atoms with Crippen molar-refractivity contribution in [3.05, 3.63) is 47.5 Å². The van der Waals surface area contributed by atoms with Crippen molar-refractivity contribution in [1.29, 1.82) is 0 Å². The van der Waals surface area contributed by atoms with E-state index in [0.717, 1.165) is 30.1 Å². The van der Waals surface area contributed by atoms with E-state index in [2.05, 4.69) is 25.3 Å². The Labute approximate surface area is 154 Å². The Morgan fingerprint density at radius 1 is 1.35 bits per heavy atom. The van der Waals surface area contributed by atoms with Crippen molar-refractivity contribution < 1.29 is 9.21 Å². The summed E-state index contributed by atoms with van der Waals surface area (Å²) >= 11 is 1.49. The predicted octanol–water partition coefficient (Wildman–Crippen LogP) is 3.34. The fraction of sp³-hybridized carbons (Fsp3) is 0.353. The first-order chi connectivity index (χ1) is 12.7. The van der Waals surface area contributed by atoms with Crippen LogP contribution in [0.4, 0.5) is 10.9 Å². The van der Waals surface area contributed by atoms with Crippen molar-refractivity contribution in [2.24, 2.45) is 0 Å². The zero-order valence-electron chi connectivity index (χ0n) is 14.3. The quantitative estimate of drug-likeness (QED) is 0.752. The van der Waals surface area contributed by atoms with Gasteiger partial charge in [-0.05, 0) is 26.2 Å². The van der Waals surface area contributed by atoms with Crippen LogP contribution in [0.25, 0.3) is 0 Å². The SMILES string of the molecule is Cc1ncoc1C(=O)N1CCCC[C@@H]1c1csc(Nc2cnccn2)n1. The lowest BCUT2D eigenvalue weighted by Gasteiger charge is -2.34. The number of aryl methyl sites for hydroxylation is 1. The van der Waals surface area contributed by atoms with E-state index in [1.165, 1.54) is 17.7 Å². The molecular formula is C17H18N6O2S. The van der Waals surface area contributed by atoms with Gasteiger partial charge in [0, 0.05) is 24.3 Å². The number of hydrogen-bond acceptors (Lipinski definition) is 8. The number of carbonyl (C=O) groups excluding carboxylic acids is 1. The van der Waals surface area contributed by atoms with Gasteiger partial charge in [0.05, 0.1) is 23.6 Å². The van der Waals surface area contributed by atoms with E-state index in [1.54, 1.807) is 25.5 Å². The molecule has 3 aromatic heterocycles. The molecule has 1 atom stereocenters. The van der Waals surface area contributed by atoms with E-state index in [9.17, 15) is 4.79 Å². The molecule has 0 aliphatic carbocycles. The molecule has 0 bridgehead atoms. The molecule has 0 aromatic carbocycles. The van der Waals surface area contributed by atoms with Gasteiger partial charge in [0.15, 0.2) is 17.3 Å². The van der Waals surface area contributed by atoms with Gasteiger partial charge in [0.2, 0.25) is 5.76 Å². The fourth-order valence-electron chi connectivity index (χ4n) is 3.09. The number of rotatable bonds is 4. The number of aromatic nitrogens is 4. The molecule has 0 radical (unpaired) electrons. The number of oxazole rings is 1. The highest BCUT2D eigenvalue weighted by Crippen LogP contribution is 2.34. The van der Waals surface area contributed by atoms with Crippen LogP contribution in [0.3, 0.4) is 0 Å². The highest BCUT2D eigenvalue weighted by Gasteiger charge is 2.32. The predicted molar refractivity (Wildman–Crippen MR) is 96.3 cm³/mol. The van der Waals surface area contributed by atoms with Crippen LogP contribution >= 0.6 is 11.3 Å². The Morgan fingerprint density at radius 3 is 3.04 bits per heavy atom. The van der Waals surface area contributed by atoms with Crippen molar-refractivity contribution >= 4 is 28.2 Å². The minimum absolute atomic E-state index is 0.0607. The van der Waals surface area contributed by atoms with E-state index >= 15 is 0 Å². The summed E-state index contributed by atoms with van der Waals surface area (Å²) in [6.07, 6.45) is 9.12. The Bertz CT molecular complexity index is 894. The lowest BCUT2D eigenvalue weighted by Crippen LogP contribution is -2.38. The molecule has 4 heterocycles. The average molecular weight is 370 g/mol. The Morgan fingerprint density at radius 2 is 2.27 bits per heavy atom. The number of carbonyl (C=O) groups is 1. The van der Waals surface area contributed by atoms with Gasteiger partial charge < -0.3 is 14.6 Å². The van der Waals surface area contributed by atoms with Crippen molar-refractivity contribution in [1.82, 2.24) is 24.8 Å². The van der Waals surface area contributed by atoms with E-state index in [0.29, 0.717) is 23.8 Å². The van der Waals surface area contributed by atoms with Crippen LogP contribution in [0.15, 0.2) is 34.8 Å². The second kappa shape index (κ2) is 7.20. The van der Waals surface area contributed by atoms with E-state index in [4.69, 9.17) is 4.42 Å². The maximum Gasteiger partial charge on any atom is 0.292 e. The van der Waals surface area contributed by atoms with Crippen molar-refractivity contribution in [3.8, 4) is 0 Å². The Hall–Kier alpha value is -2.81. The molecule has 26 heavy (non-hydrogen) atoms. The third-order valence-electron chi connectivity index (χ3n) is 4.36. The summed E-state index contributed by atoms with van der Waals surface area (Å²) in [7, 11) is 0. The van der Waals surface area contributed by atoms with E-state index in [-0.39, 0.29) is 11.9 Å². The molecule has 1 saturated heterocycles. The molecule has 1 amide bonds. The number of likely N-dealkylation sites (tertiary alicyclic amines) is 1. The number of hydrogen-bond donors (Lipinski definition) is 1. The minimum Gasteiger partial charge on any atom is -0.438 e.